The van der Waals surface area contributed by atoms with E-state index in [-0.39, 0.29) is 12.0 Å². The Hall–Kier alpha value is -0.0100. The molecule has 0 fully saturated rings. The number of aliphatic hydroxyl groups is 1. The Labute approximate surface area is 48.6 Å². The zero-order chi connectivity index (χ0) is 5.70. The van der Waals surface area contributed by atoms with E-state index in [1.807, 2.05) is 6.92 Å². The van der Waals surface area contributed by atoms with Crippen molar-refractivity contribution in [3.05, 3.63) is 12.2 Å². The summed E-state index contributed by atoms with van der Waals surface area (Å²) in [5.41, 5.74) is 0. The smallest absolute Gasteiger partial charge is 0.0612 e. The Morgan fingerprint density at radius 1 is 1.86 bits per heavy atom. The largest absolute Gasteiger partial charge is 0.392 e. The minimum absolute atomic E-state index is 0.0344. The van der Waals surface area contributed by atoms with Crippen molar-refractivity contribution in [2.75, 3.05) is 6.61 Å². The highest BCUT2D eigenvalue weighted by atomic mass is 35.5. The van der Waals surface area contributed by atoms with Gasteiger partial charge in [0.25, 0.3) is 0 Å². The zero-order valence-corrected chi connectivity index (χ0v) is 5.02. The van der Waals surface area contributed by atoms with E-state index in [1.165, 1.54) is 0 Å². The van der Waals surface area contributed by atoms with E-state index < -0.39 is 0 Å². The second kappa shape index (κ2) is 4.16. The molecular weight excluding hydrogens is 112 g/mol. The molecule has 0 aliphatic rings. The van der Waals surface area contributed by atoms with E-state index in [9.17, 15) is 0 Å². The zero-order valence-electron chi connectivity index (χ0n) is 4.26. The first kappa shape index (κ1) is 6.99. The molecule has 7 heavy (non-hydrogen) atoms. The van der Waals surface area contributed by atoms with Crippen molar-refractivity contribution in [1.82, 2.24) is 0 Å². The lowest BCUT2D eigenvalue weighted by Gasteiger charge is -1.86. The summed E-state index contributed by atoms with van der Waals surface area (Å²) in [6, 6.07) is 0. The summed E-state index contributed by atoms with van der Waals surface area (Å²) in [5.74, 6) is 0. The summed E-state index contributed by atoms with van der Waals surface area (Å²) in [6.07, 6.45) is 3.36. The maximum absolute atomic E-state index is 8.17. The van der Waals surface area contributed by atoms with Crippen LogP contribution in [0.2, 0.25) is 0 Å². The van der Waals surface area contributed by atoms with Gasteiger partial charge in [0.15, 0.2) is 0 Å². The molecule has 0 saturated carbocycles. The van der Waals surface area contributed by atoms with Crippen molar-refractivity contribution in [3.63, 3.8) is 0 Å². The van der Waals surface area contributed by atoms with Crippen molar-refractivity contribution in [2.24, 2.45) is 0 Å². The van der Waals surface area contributed by atoms with E-state index in [4.69, 9.17) is 16.7 Å². The lowest BCUT2D eigenvalue weighted by molar-refractivity contribution is 0.342. The maximum atomic E-state index is 8.17. The van der Waals surface area contributed by atoms with E-state index >= 15 is 0 Å². The summed E-state index contributed by atoms with van der Waals surface area (Å²) in [6.45, 7) is 1.92. The highest BCUT2D eigenvalue weighted by Crippen LogP contribution is 1.92. The molecular formula is C5H9ClO. The minimum atomic E-state index is 0.0344. The first-order valence-electron chi connectivity index (χ1n) is 2.19. The van der Waals surface area contributed by atoms with Crippen LogP contribution in [0.1, 0.15) is 6.92 Å². The second-order valence-electron chi connectivity index (χ2n) is 1.29. The van der Waals surface area contributed by atoms with Gasteiger partial charge in [-0.3, -0.25) is 0 Å². The fourth-order valence-electron chi connectivity index (χ4n) is 0.248. The maximum Gasteiger partial charge on any atom is 0.0612 e. The molecule has 0 aromatic heterocycles. The van der Waals surface area contributed by atoms with Crippen LogP contribution in [-0.2, 0) is 0 Å². The number of hydrogen-bond acceptors (Lipinski definition) is 1. The van der Waals surface area contributed by atoms with Gasteiger partial charge in [0.05, 0.1) is 6.61 Å². The highest BCUT2D eigenvalue weighted by molar-refractivity contribution is 6.21. The van der Waals surface area contributed by atoms with Crippen LogP contribution in [0.25, 0.3) is 0 Å². The molecule has 0 aromatic carbocycles. The average molecular weight is 121 g/mol. The third-order valence-corrected chi connectivity index (χ3v) is 0.652. The van der Waals surface area contributed by atoms with E-state index in [2.05, 4.69) is 0 Å². The molecule has 0 heterocycles. The van der Waals surface area contributed by atoms with Gasteiger partial charge in [-0.15, -0.1) is 11.6 Å². The van der Waals surface area contributed by atoms with Crippen LogP contribution in [0.4, 0.5) is 0 Å². The van der Waals surface area contributed by atoms with Gasteiger partial charge in [-0.2, -0.15) is 0 Å². The molecule has 0 rings (SSSR count). The minimum Gasteiger partial charge on any atom is -0.392 e. The predicted octanol–water partition coefficient (Wildman–Crippen LogP) is 1.16. The Balaban J connectivity index is 3.08. The number of allylic oxidation sites excluding steroid dienone is 1. The van der Waals surface area contributed by atoms with Gasteiger partial charge in [-0.25, -0.2) is 0 Å². The van der Waals surface area contributed by atoms with Crippen molar-refractivity contribution < 1.29 is 5.11 Å². The molecule has 1 nitrogen and oxygen atoms in total. The molecule has 1 unspecified atom stereocenters. The van der Waals surface area contributed by atoms with Gasteiger partial charge >= 0.3 is 0 Å². The van der Waals surface area contributed by atoms with Crippen molar-refractivity contribution >= 4 is 11.6 Å². The second-order valence-corrected chi connectivity index (χ2v) is 1.98. The highest BCUT2D eigenvalue weighted by Gasteiger charge is 1.81. The quantitative estimate of drug-likeness (QED) is 0.428. The van der Waals surface area contributed by atoms with Gasteiger partial charge < -0.3 is 5.11 Å². The Bertz CT molecular complexity index is 59.1. The average Bonchev–Trinajstić information content (AvgIpc) is 1.61. The normalized spacial score (nSPS) is 15.3. The number of alkyl halides is 1. The molecule has 0 amide bonds. The molecule has 0 aliphatic heterocycles. The van der Waals surface area contributed by atoms with Crippen LogP contribution in [0, 0.1) is 0 Å². The molecule has 42 valence electrons. The monoisotopic (exact) mass is 120 g/mol. The van der Waals surface area contributed by atoms with Crippen LogP contribution in [-0.4, -0.2) is 17.1 Å². The fourth-order valence-corrected chi connectivity index (χ4v) is 0.351. The lowest BCUT2D eigenvalue weighted by atomic mass is 10.4. The van der Waals surface area contributed by atoms with Crippen LogP contribution < -0.4 is 0 Å². The number of hydrogen-bond donors (Lipinski definition) is 1. The molecule has 0 bridgehead atoms. The van der Waals surface area contributed by atoms with Crippen LogP contribution >= 0.6 is 11.6 Å². The Morgan fingerprint density at radius 3 is 2.57 bits per heavy atom. The summed E-state index contributed by atoms with van der Waals surface area (Å²) < 4.78 is 0. The number of aliphatic hydroxyl groups excluding tert-OH is 1. The van der Waals surface area contributed by atoms with Gasteiger partial charge in [-0.05, 0) is 6.92 Å². The number of rotatable bonds is 2. The first-order valence-corrected chi connectivity index (χ1v) is 2.62. The third-order valence-electron chi connectivity index (χ3n) is 0.507. The SMILES string of the molecule is CC(Cl)C=CCO. The molecule has 2 heteroatoms. The number of halogens is 1. The first-order chi connectivity index (χ1) is 3.27. The summed E-state index contributed by atoms with van der Waals surface area (Å²) in [7, 11) is 0. The van der Waals surface area contributed by atoms with Gasteiger partial charge in [0.1, 0.15) is 0 Å². The third kappa shape index (κ3) is 5.99. The summed E-state index contributed by atoms with van der Waals surface area (Å²) >= 11 is 5.46. The Kier molecular flexibility index (Phi) is 4.15. The van der Waals surface area contributed by atoms with Crippen molar-refractivity contribution in [2.45, 2.75) is 12.3 Å². The van der Waals surface area contributed by atoms with Gasteiger partial charge in [0.2, 0.25) is 0 Å². The summed E-state index contributed by atoms with van der Waals surface area (Å²) in [5, 5.41) is 8.20. The van der Waals surface area contributed by atoms with Crippen molar-refractivity contribution in [3.8, 4) is 0 Å². The molecule has 0 aliphatic carbocycles. The lowest BCUT2D eigenvalue weighted by Crippen LogP contribution is -1.81. The molecule has 0 aromatic rings. The standard InChI is InChI=1S/C5H9ClO/c1-5(6)3-2-4-7/h2-3,5,7H,4H2,1H3. The Morgan fingerprint density at radius 2 is 2.43 bits per heavy atom. The van der Waals surface area contributed by atoms with Gasteiger partial charge in [0, 0.05) is 5.38 Å². The van der Waals surface area contributed by atoms with Crippen LogP contribution in [0.3, 0.4) is 0 Å². The van der Waals surface area contributed by atoms with Gasteiger partial charge in [-0.1, -0.05) is 12.2 Å². The molecule has 0 radical (unpaired) electrons. The van der Waals surface area contributed by atoms with Crippen LogP contribution in [0.5, 0.6) is 0 Å². The predicted molar refractivity (Wildman–Crippen MR) is 31.5 cm³/mol. The fraction of sp³-hybridized carbons (Fsp3) is 0.600. The molecule has 1 N–H and O–H groups in total. The molecule has 0 saturated heterocycles. The molecule has 1 atom stereocenters. The molecule has 0 spiro atoms. The van der Waals surface area contributed by atoms with E-state index in [1.54, 1.807) is 12.2 Å². The topological polar surface area (TPSA) is 20.2 Å². The van der Waals surface area contributed by atoms with E-state index in [0.29, 0.717) is 0 Å². The summed E-state index contributed by atoms with van der Waals surface area (Å²) in [4.78, 5) is 0. The van der Waals surface area contributed by atoms with Crippen molar-refractivity contribution in [1.29, 1.82) is 0 Å². The van der Waals surface area contributed by atoms with Crippen LogP contribution in [0.15, 0.2) is 12.2 Å². The van der Waals surface area contributed by atoms with E-state index in [0.717, 1.165) is 0 Å².